The van der Waals surface area contributed by atoms with Crippen LogP contribution in [0, 0.1) is 0 Å². The van der Waals surface area contributed by atoms with E-state index >= 15 is 0 Å². The van der Waals surface area contributed by atoms with Crippen LogP contribution in [0.1, 0.15) is 36.8 Å². The number of benzene rings is 2. The molecule has 0 saturated carbocycles. The molecule has 9 heteroatoms. The van der Waals surface area contributed by atoms with Crippen LogP contribution in [0.3, 0.4) is 0 Å². The molecule has 5 nitrogen and oxygen atoms in total. The van der Waals surface area contributed by atoms with Gasteiger partial charge in [-0.1, -0.05) is 37.5 Å². The van der Waals surface area contributed by atoms with Gasteiger partial charge in [-0.15, -0.1) is 33.2 Å². The van der Waals surface area contributed by atoms with E-state index in [9.17, 15) is 4.79 Å². The molecule has 2 aromatic carbocycles. The monoisotopic (exact) mass is 530 g/mol. The number of hydrogen-bond donors (Lipinski definition) is 0. The standard InChI is InChI=1S/C24H29Cl3O5Si/c1-29-21-11-7-20(8-12-21)18-32-22-13-9-19(17-23(22)30-2)10-14-24(28)31-15-5-3-4-6-16-33(25,26)27/h7-14,17H,3-6,15-16,18H2,1-2H3/b14-10+. The van der Waals surface area contributed by atoms with Gasteiger partial charge >= 0.3 is 12.0 Å². The van der Waals surface area contributed by atoms with Crippen molar-refractivity contribution in [3.05, 3.63) is 59.7 Å². The Balaban J connectivity index is 1.76. The number of carbonyl (C=O) groups is 1. The molecule has 0 aliphatic rings. The third kappa shape index (κ3) is 11.2. The number of rotatable bonds is 14. The van der Waals surface area contributed by atoms with Gasteiger partial charge in [-0.3, -0.25) is 0 Å². The fourth-order valence-electron chi connectivity index (χ4n) is 2.96. The minimum Gasteiger partial charge on any atom is -0.497 e. The molecule has 0 atom stereocenters. The third-order valence-corrected chi connectivity index (χ3v) is 7.37. The number of carbonyl (C=O) groups excluding carboxylic acids is 1. The van der Waals surface area contributed by atoms with Gasteiger partial charge in [-0.05, 0) is 53.9 Å². The molecule has 0 aliphatic heterocycles. The van der Waals surface area contributed by atoms with Crippen LogP contribution in [0.25, 0.3) is 6.08 Å². The molecule has 0 fully saturated rings. The second kappa shape index (κ2) is 14.4. The molecule has 33 heavy (non-hydrogen) atoms. The molecule has 2 aromatic rings. The summed E-state index contributed by atoms with van der Waals surface area (Å²) in [5, 5.41) is 0. The maximum Gasteiger partial charge on any atom is 0.341 e. The SMILES string of the molecule is COc1ccc(COc2ccc(/C=C/C(=O)OCCCCCC[Si](Cl)(Cl)Cl)cc2OC)cc1. The zero-order valence-electron chi connectivity index (χ0n) is 18.8. The van der Waals surface area contributed by atoms with Gasteiger partial charge in [0.15, 0.2) is 11.5 Å². The van der Waals surface area contributed by atoms with Crippen LogP contribution in [-0.2, 0) is 16.1 Å². The van der Waals surface area contributed by atoms with Crippen LogP contribution in [-0.4, -0.2) is 32.8 Å². The largest absolute Gasteiger partial charge is 0.497 e. The minimum atomic E-state index is -2.52. The first-order valence-electron chi connectivity index (χ1n) is 10.7. The number of esters is 1. The maximum absolute atomic E-state index is 11.9. The lowest BCUT2D eigenvalue weighted by Crippen LogP contribution is -2.07. The van der Waals surface area contributed by atoms with Crippen molar-refractivity contribution in [1.29, 1.82) is 0 Å². The molecule has 0 unspecified atom stereocenters. The van der Waals surface area contributed by atoms with Crippen molar-refractivity contribution >= 4 is 51.3 Å². The van der Waals surface area contributed by atoms with Gasteiger partial charge in [0, 0.05) is 6.08 Å². The van der Waals surface area contributed by atoms with E-state index < -0.39 is 6.00 Å². The van der Waals surface area contributed by atoms with Crippen LogP contribution < -0.4 is 14.2 Å². The highest BCUT2D eigenvalue weighted by atomic mass is 35.8. The lowest BCUT2D eigenvalue weighted by atomic mass is 10.2. The average Bonchev–Trinajstić information content (AvgIpc) is 2.80. The Morgan fingerprint density at radius 3 is 2.30 bits per heavy atom. The highest BCUT2D eigenvalue weighted by Gasteiger charge is 2.23. The fraction of sp³-hybridized carbons (Fsp3) is 0.375. The van der Waals surface area contributed by atoms with Gasteiger partial charge in [0.05, 0.1) is 20.8 Å². The molecule has 0 heterocycles. The predicted molar refractivity (Wildman–Crippen MR) is 137 cm³/mol. The van der Waals surface area contributed by atoms with E-state index in [0.29, 0.717) is 30.8 Å². The third-order valence-electron chi connectivity index (χ3n) is 4.75. The van der Waals surface area contributed by atoms with E-state index in [4.69, 9.17) is 52.2 Å². The van der Waals surface area contributed by atoms with Crippen molar-refractivity contribution in [3.8, 4) is 17.2 Å². The molecule has 0 saturated heterocycles. The molecule has 0 spiro atoms. The molecular formula is C24H29Cl3O5Si. The zero-order valence-corrected chi connectivity index (χ0v) is 22.1. The summed E-state index contributed by atoms with van der Waals surface area (Å²) in [6.07, 6.45) is 6.65. The summed E-state index contributed by atoms with van der Waals surface area (Å²) in [5.41, 5.74) is 1.81. The van der Waals surface area contributed by atoms with Gasteiger partial charge in [0.2, 0.25) is 0 Å². The van der Waals surface area contributed by atoms with Crippen LogP contribution >= 0.6 is 33.2 Å². The normalized spacial score (nSPS) is 11.4. The van der Waals surface area contributed by atoms with E-state index in [1.807, 2.05) is 36.4 Å². The molecule has 0 N–H and O–H groups in total. The topological polar surface area (TPSA) is 54.0 Å². The molecule has 0 amide bonds. The lowest BCUT2D eigenvalue weighted by Gasteiger charge is -2.12. The molecule has 180 valence electrons. The highest BCUT2D eigenvalue weighted by molar-refractivity contribution is 7.64. The Morgan fingerprint density at radius 1 is 0.909 bits per heavy atom. The van der Waals surface area contributed by atoms with Crippen LogP contribution in [0.5, 0.6) is 17.2 Å². The van der Waals surface area contributed by atoms with Crippen molar-refractivity contribution in [2.75, 3.05) is 20.8 Å². The van der Waals surface area contributed by atoms with Crippen molar-refractivity contribution in [2.24, 2.45) is 0 Å². The number of hydrogen-bond acceptors (Lipinski definition) is 5. The van der Waals surface area contributed by atoms with Crippen molar-refractivity contribution in [2.45, 2.75) is 38.3 Å². The average molecular weight is 532 g/mol. The first-order chi connectivity index (χ1) is 15.8. The highest BCUT2D eigenvalue weighted by Crippen LogP contribution is 2.30. The van der Waals surface area contributed by atoms with Gasteiger partial charge in [-0.25, -0.2) is 4.79 Å². The minimum absolute atomic E-state index is 0.371. The Bertz CT molecular complexity index is 898. The zero-order chi connectivity index (χ0) is 24.1. The smallest absolute Gasteiger partial charge is 0.341 e. The maximum atomic E-state index is 11.9. The number of ether oxygens (including phenoxy) is 4. The molecule has 2 rings (SSSR count). The first kappa shape index (κ1) is 27.4. The van der Waals surface area contributed by atoms with Gasteiger partial charge in [0.1, 0.15) is 12.4 Å². The summed E-state index contributed by atoms with van der Waals surface area (Å²) >= 11 is 17.6. The van der Waals surface area contributed by atoms with E-state index in [1.54, 1.807) is 26.4 Å². The molecule has 0 radical (unpaired) electrons. The van der Waals surface area contributed by atoms with E-state index in [1.165, 1.54) is 6.08 Å². The number of halogens is 3. The molecule has 0 aliphatic carbocycles. The molecular weight excluding hydrogens is 503 g/mol. The summed E-state index contributed by atoms with van der Waals surface area (Å²) in [6.45, 7) is 0.768. The van der Waals surface area contributed by atoms with Crippen LogP contribution in [0.15, 0.2) is 48.5 Å². The fourth-order valence-corrected chi connectivity index (χ4v) is 4.81. The van der Waals surface area contributed by atoms with Crippen molar-refractivity contribution < 1.29 is 23.7 Å². The summed E-state index contributed by atoms with van der Waals surface area (Å²) in [7, 11) is 3.21. The van der Waals surface area contributed by atoms with Gasteiger partial charge in [-0.2, -0.15) is 0 Å². The number of methoxy groups -OCH3 is 2. The Labute approximate surface area is 210 Å². The first-order valence-corrected chi connectivity index (χ1v) is 15.9. The summed E-state index contributed by atoms with van der Waals surface area (Å²) in [4.78, 5) is 11.9. The quantitative estimate of drug-likeness (QED) is 0.0859. The van der Waals surface area contributed by atoms with Gasteiger partial charge < -0.3 is 18.9 Å². The van der Waals surface area contributed by atoms with Crippen molar-refractivity contribution in [3.63, 3.8) is 0 Å². The Hall–Kier alpha value is -1.86. The second-order valence-electron chi connectivity index (χ2n) is 7.33. The van der Waals surface area contributed by atoms with E-state index in [-0.39, 0.29) is 5.97 Å². The summed E-state index contributed by atoms with van der Waals surface area (Å²) in [6, 6.07) is 11.3. The lowest BCUT2D eigenvalue weighted by molar-refractivity contribution is -0.137. The summed E-state index contributed by atoms with van der Waals surface area (Å²) < 4.78 is 21.7. The van der Waals surface area contributed by atoms with Crippen molar-refractivity contribution in [1.82, 2.24) is 0 Å². The Kier molecular flexibility index (Phi) is 12.0. The van der Waals surface area contributed by atoms with Gasteiger partial charge in [0.25, 0.3) is 0 Å². The predicted octanol–water partition coefficient (Wildman–Crippen LogP) is 7.05. The number of unbranched alkanes of at least 4 members (excludes halogenated alkanes) is 3. The van der Waals surface area contributed by atoms with Crippen LogP contribution in [0.4, 0.5) is 0 Å². The van der Waals surface area contributed by atoms with E-state index in [2.05, 4.69) is 0 Å². The Morgan fingerprint density at radius 2 is 1.64 bits per heavy atom. The second-order valence-corrected chi connectivity index (χ2v) is 16.6. The molecule has 0 aromatic heterocycles. The summed E-state index contributed by atoms with van der Waals surface area (Å²) in [5.74, 6) is 1.61. The van der Waals surface area contributed by atoms with Crippen LogP contribution in [0.2, 0.25) is 6.04 Å². The van der Waals surface area contributed by atoms with E-state index in [0.717, 1.165) is 42.6 Å². The molecule has 0 bridgehead atoms.